The minimum absolute atomic E-state index is 0.854. The van der Waals surface area contributed by atoms with Crippen LogP contribution in [-0.4, -0.2) is 15.1 Å². The van der Waals surface area contributed by atoms with E-state index < -0.39 is 0 Å². The maximum absolute atomic E-state index is 5.31. The van der Waals surface area contributed by atoms with Crippen LogP contribution in [0.5, 0.6) is 0 Å². The third kappa shape index (κ3) is 1.69. The van der Waals surface area contributed by atoms with Crippen molar-refractivity contribution in [2.45, 2.75) is 20.8 Å². The molecule has 4 aromatic rings. The van der Waals surface area contributed by atoms with Gasteiger partial charge in [0, 0.05) is 39.8 Å². The summed E-state index contributed by atoms with van der Waals surface area (Å²) in [6, 6.07) is 6.38. The highest BCUT2D eigenvalue weighted by atomic mass is 16.5. The highest BCUT2D eigenvalue weighted by Gasteiger charge is 2.15. The van der Waals surface area contributed by atoms with Gasteiger partial charge in [-0.2, -0.15) is 0 Å². The van der Waals surface area contributed by atoms with E-state index in [0.29, 0.717) is 0 Å². The molecule has 0 fully saturated rings. The Balaban J connectivity index is 2.08. The summed E-state index contributed by atoms with van der Waals surface area (Å²) < 4.78 is 5.31. The molecule has 4 nitrogen and oxygen atoms in total. The molecule has 4 rings (SSSR count). The standard InChI is InChI=1S/C17H15N3O/c1-9-6-13-14-8-18-5-4-15(14)19-16(13)7-12(9)17-10(2)20-21-11(17)3/h4-8,19H,1-3H3. The third-order valence-electron chi connectivity index (χ3n) is 4.05. The Hall–Kier alpha value is -2.62. The summed E-state index contributed by atoms with van der Waals surface area (Å²) in [7, 11) is 0. The van der Waals surface area contributed by atoms with Crippen LogP contribution in [0.2, 0.25) is 0 Å². The zero-order valence-electron chi connectivity index (χ0n) is 12.2. The lowest BCUT2D eigenvalue weighted by molar-refractivity contribution is 0.393. The van der Waals surface area contributed by atoms with Crippen LogP contribution in [0.3, 0.4) is 0 Å². The third-order valence-corrected chi connectivity index (χ3v) is 4.05. The molecule has 0 radical (unpaired) electrons. The van der Waals surface area contributed by atoms with E-state index in [1.807, 2.05) is 26.1 Å². The van der Waals surface area contributed by atoms with Crippen molar-refractivity contribution in [3.63, 3.8) is 0 Å². The first-order valence-corrected chi connectivity index (χ1v) is 6.94. The maximum atomic E-state index is 5.31. The number of rotatable bonds is 1. The highest BCUT2D eigenvalue weighted by molar-refractivity contribution is 6.08. The van der Waals surface area contributed by atoms with Crippen LogP contribution in [-0.2, 0) is 0 Å². The van der Waals surface area contributed by atoms with Gasteiger partial charge in [0.2, 0.25) is 0 Å². The number of pyridine rings is 1. The summed E-state index contributed by atoms with van der Waals surface area (Å²) >= 11 is 0. The lowest BCUT2D eigenvalue weighted by Gasteiger charge is -2.06. The predicted octanol–water partition coefficient (Wildman–Crippen LogP) is 4.30. The summed E-state index contributed by atoms with van der Waals surface area (Å²) in [4.78, 5) is 7.68. The molecule has 104 valence electrons. The second-order valence-electron chi connectivity index (χ2n) is 5.46. The molecule has 1 N–H and O–H groups in total. The number of aromatic nitrogens is 3. The molecule has 3 aromatic heterocycles. The van der Waals surface area contributed by atoms with Crippen molar-refractivity contribution in [3.8, 4) is 11.1 Å². The van der Waals surface area contributed by atoms with Gasteiger partial charge in [0.1, 0.15) is 5.76 Å². The predicted molar refractivity (Wildman–Crippen MR) is 83.3 cm³/mol. The molecular weight excluding hydrogens is 262 g/mol. The largest absolute Gasteiger partial charge is 0.361 e. The van der Waals surface area contributed by atoms with Gasteiger partial charge in [-0.15, -0.1) is 0 Å². The molecule has 0 aliphatic heterocycles. The van der Waals surface area contributed by atoms with E-state index in [-0.39, 0.29) is 0 Å². The molecule has 0 bridgehead atoms. The average molecular weight is 277 g/mol. The van der Waals surface area contributed by atoms with Crippen molar-refractivity contribution >= 4 is 21.8 Å². The van der Waals surface area contributed by atoms with Crippen LogP contribution < -0.4 is 0 Å². The molecule has 0 aliphatic carbocycles. The topological polar surface area (TPSA) is 54.7 Å². The molecule has 3 heterocycles. The van der Waals surface area contributed by atoms with E-state index in [9.17, 15) is 0 Å². The van der Waals surface area contributed by atoms with Crippen molar-refractivity contribution in [3.05, 3.63) is 47.6 Å². The second kappa shape index (κ2) is 4.19. The number of fused-ring (bicyclic) bond motifs is 3. The number of nitrogens with zero attached hydrogens (tertiary/aromatic N) is 2. The summed E-state index contributed by atoms with van der Waals surface area (Å²) in [6.45, 7) is 6.05. The van der Waals surface area contributed by atoms with E-state index in [1.165, 1.54) is 16.5 Å². The maximum Gasteiger partial charge on any atom is 0.141 e. The van der Waals surface area contributed by atoms with Crippen LogP contribution in [0.25, 0.3) is 32.9 Å². The minimum atomic E-state index is 0.854. The van der Waals surface area contributed by atoms with E-state index >= 15 is 0 Å². The molecule has 0 saturated carbocycles. The molecule has 0 atom stereocenters. The van der Waals surface area contributed by atoms with Crippen molar-refractivity contribution in [1.29, 1.82) is 0 Å². The Bertz CT molecular complexity index is 959. The van der Waals surface area contributed by atoms with Gasteiger partial charge >= 0.3 is 0 Å². The van der Waals surface area contributed by atoms with Crippen LogP contribution >= 0.6 is 0 Å². The van der Waals surface area contributed by atoms with Crippen LogP contribution in [0, 0.1) is 20.8 Å². The van der Waals surface area contributed by atoms with E-state index in [2.05, 4.69) is 34.2 Å². The van der Waals surface area contributed by atoms with Gasteiger partial charge < -0.3 is 9.51 Å². The number of benzene rings is 1. The molecule has 0 spiro atoms. The first-order valence-electron chi connectivity index (χ1n) is 6.94. The Morgan fingerprint density at radius 2 is 1.90 bits per heavy atom. The van der Waals surface area contributed by atoms with Gasteiger partial charge in [-0.3, -0.25) is 4.98 Å². The molecule has 21 heavy (non-hydrogen) atoms. The Labute approximate surface area is 121 Å². The van der Waals surface area contributed by atoms with Gasteiger partial charge in [0.05, 0.1) is 5.69 Å². The van der Waals surface area contributed by atoms with Crippen LogP contribution in [0.1, 0.15) is 17.0 Å². The van der Waals surface area contributed by atoms with E-state index in [4.69, 9.17) is 4.52 Å². The summed E-state index contributed by atoms with van der Waals surface area (Å²) in [5.41, 5.74) is 6.60. The lowest BCUT2D eigenvalue weighted by Crippen LogP contribution is -1.87. The quantitative estimate of drug-likeness (QED) is 0.564. The van der Waals surface area contributed by atoms with Gasteiger partial charge in [-0.25, -0.2) is 0 Å². The van der Waals surface area contributed by atoms with Crippen LogP contribution in [0.15, 0.2) is 35.1 Å². The van der Waals surface area contributed by atoms with Gasteiger partial charge in [0.25, 0.3) is 0 Å². The zero-order chi connectivity index (χ0) is 14.6. The Kier molecular flexibility index (Phi) is 2.42. The summed E-state index contributed by atoms with van der Waals surface area (Å²) in [5, 5.41) is 6.41. The smallest absolute Gasteiger partial charge is 0.141 e. The van der Waals surface area contributed by atoms with Crippen molar-refractivity contribution in [2.75, 3.05) is 0 Å². The number of hydrogen-bond donors (Lipinski definition) is 1. The fourth-order valence-corrected chi connectivity index (χ4v) is 3.03. The SMILES string of the molecule is Cc1cc2c(cc1-c1c(C)noc1C)[nH]c1ccncc12. The molecule has 4 heteroatoms. The molecule has 0 amide bonds. The van der Waals surface area contributed by atoms with Gasteiger partial charge in [-0.05, 0) is 50.1 Å². The average Bonchev–Trinajstić information content (AvgIpc) is 2.99. The number of nitrogens with one attached hydrogen (secondary N) is 1. The second-order valence-corrected chi connectivity index (χ2v) is 5.46. The van der Waals surface area contributed by atoms with Gasteiger partial charge in [0.15, 0.2) is 0 Å². The molecule has 1 aromatic carbocycles. The Morgan fingerprint density at radius 1 is 1.05 bits per heavy atom. The fourth-order valence-electron chi connectivity index (χ4n) is 3.03. The first kappa shape index (κ1) is 12.1. The Morgan fingerprint density at radius 3 is 2.67 bits per heavy atom. The molecular formula is C17H15N3O. The van der Waals surface area contributed by atoms with Crippen molar-refractivity contribution < 1.29 is 4.52 Å². The number of aryl methyl sites for hydroxylation is 3. The van der Waals surface area contributed by atoms with Crippen molar-refractivity contribution in [2.24, 2.45) is 0 Å². The molecule has 0 unspecified atom stereocenters. The van der Waals surface area contributed by atoms with E-state index in [0.717, 1.165) is 33.4 Å². The summed E-state index contributed by atoms with van der Waals surface area (Å²) in [6.07, 6.45) is 3.71. The number of hydrogen-bond acceptors (Lipinski definition) is 3. The van der Waals surface area contributed by atoms with E-state index in [1.54, 1.807) is 6.20 Å². The molecule has 0 aliphatic rings. The zero-order valence-corrected chi connectivity index (χ0v) is 12.2. The van der Waals surface area contributed by atoms with Crippen molar-refractivity contribution in [1.82, 2.24) is 15.1 Å². The molecule has 0 saturated heterocycles. The monoisotopic (exact) mass is 277 g/mol. The van der Waals surface area contributed by atoms with Crippen LogP contribution in [0.4, 0.5) is 0 Å². The summed E-state index contributed by atoms with van der Waals surface area (Å²) in [5.74, 6) is 0.854. The highest BCUT2D eigenvalue weighted by Crippen LogP contribution is 2.34. The fraction of sp³-hybridized carbons (Fsp3) is 0.176. The number of H-pyrrole nitrogens is 1. The normalized spacial score (nSPS) is 11.6. The van der Waals surface area contributed by atoms with Gasteiger partial charge in [-0.1, -0.05) is 5.16 Å². The lowest BCUT2D eigenvalue weighted by atomic mass is 9.97. The number of aromatic amines is 1. The first-order chi connectivity index (χ1) is 10.1. The minimum Gasteiger partial charge on any atom is -0.361 e.